The Morgan fingerprint density at radius 1 is 0.897 bits per heavy atom. The van der Waals surface area contributed by atoms with Crippen molar-refractivity contribution < 1.29 is 35.7 Å². The Kier molecular flexibility index (Phi) is 10.8. The number of nitrogens with zero attached hydrogens (tertiary/aromatic N) is 1. The zero-order valence-corrected chi connectivity index (χ0v) is 22.7. The molecule has 1 aromatic heterocycles. The fourth-order valence-electron chi connectivity index (χ4n) is 5.44. The number of carbonyl (C=O) groups is 2. The van der Waals surface area contributed by atoms with Crippen molar-refractivity contribution in [3.8, 4) is 11.3 Å². The zero-order valence-electron chi connectivity index (χ0n) is 21.9. The molecule has 39 heavy (non-hydrogen) atoms. The Labute approximate surface area is 247 Å². The average Bonchev–Trinajstić information content (AvgIpc) is 2.72. The van der Waals surface area contributed by atoms with Gasteiger partial charge in [0.1, 0.15) is 34.7 Å². The molecule has 0 aliphatic rings. The summed E-state index contributed by atoms with van der Waals surface area (Å²) in [7, 11) is -4.82. The second-order valence-corrected chi connectivity index (χ2v) is 11.5. The minimum atomic E-state index is -4.82. The molecule has 9 nitrogen and oxygen atoms in total. The Bertz CT molecular complexity index is 1330. The van der Waals surface area contributed by atoms with Gasteiger partial charge >= 0.3 is 39.9 Å². The van der Waals surface area contributed by atoms with E-state index in [1.807, 2.05) is 0 Å². The second-order valence-electron chi connectivity index (χ2n) is 10.3. The minimum absolute atomic E-state index is 0. The number of amides is 1. The summed E-state index contributed by atoms with van der Waals surface area (Å²) >= 11 is 0. The Hall–Kier alpha value is -2.19. The maximum atomic E-state index is 15.4. The number of alkyl halides is 3. The van der Waals surface area contributed by atoms with E-state index in [0.29, 0.717) is 5.56 Å². The van der Waals surface area contributed by atoms with Gasteiger partial charge in [0, 0.05) is 0 Å². The number of halogens is 3. The van der Waals surface area contributed by atoms with Gasteiger partial charge in [-0.3, -0.25) is 28.2 Å². The van der Waals surface area contributed by atoms with Crippen LogP contribution in [0.5, 0.6) is 0 Å². The van der Waals surface area contributed by atoms with E-state index in [2.05, 4.69) is 5.32 Å². The normalized spacial score (nSPS) is 12.9. The fourth-order valence-corrected chi connectivity index (χ4v) is 5.87. The fraction of sp³-hybridized carbons (Fsp3) is 0.480. The van der Waals surface area contributed by atoms with Gasteiger partial charge in [-0.2, -0.15) is 8.42 Å². The van der Waals surface area contributed by atoms with Crippen molar-refractivity contribution in [2.75, 3.05) is 11.3 Å². The van der Waals surface area contributed by atoms with Crippen LogP contribution in [0.3, 0.4) is 0 Å². The van der Waals surface area contributed by atoms with Gasteiger partial charge in [-0.15, -0.1) is 0 Å². The van der Waals surface area contributed by atoms with Gasteiger partial charge in [0.25, 0.3) is 5.56 Å². The number of anilines is 1. The first-order chi connectivity index (χ1) is 17.1. The van der Waals surface area contributed by atoms with Crippen molar-refractivity contribution in [1.82, 2.24) is 9.88 Å². The molecule has 2 rings (SSSR count). The number of benzene rings is 1. The van der Waals surface area contributed by atoms with Gasteiger partial charge in [0.05, 0.1) is 12.2 Å². The summed E-state index contributed by atoms with van der Waals surface area (Å²) in [6.45, 7) is 3.60. The van der Waals surface area contributed by atoms with Crippen LogP contribution in [0.1, 0.15) is 41.5 Å². The average molecular weight is 584 g/mol. The molecule has 0 bridgehead atoms. The summed E-state index contributed by atoms with van der Waals surface area (Å²) in [6.07, 6.45) is 0. The first-order valence-electron chi connectivity index (χ1n) is 11.5. The molecule has 0 saturated heterocycles. The molecule has 0 aliphatic heterocycles. The molecule has 212 valence electrons. The number of nitrogens with one attached hydrogen (secondary N) is 2. The molecule has 1 amide bonds. The Morgan fingerprint density at radius 3 is 1.82 bits per heavy atom. The van der Waals surface area contributed by atoms with E-state index in [0.717, 1.165) is 52.2 Å². The second kappa shape index (κ2) is 12.1. The number of pyridine rings is 1. The molecule has 0 aliphatic carbocycles. The molecule has 0 saturated carbocycles. The van der Waals surface area contributed by atoms with E-state index in [1.165, 1.54) is 6.07 Å². The van der Waals surface area contributed by atoms with E-state index < -0.39 is 68.8 Å². The van der Waals surface area contributed by atoms with Gasteiger partial charge in [-0.1, -0.05) is 30.3 Å². The van der Waals surface area contributed by atoms with Crippen molar-refractivity contribution in [3.63, 3.8) is 0 Å². The Morgan fingerprint density at radius 2 is 1.38 bits per heavy atom. The topological polar surface area (TPSA) is 135 Å². The van der Waals surface area contributed by atoms with E-state index in [4.69, 9.17) is 4.55 Å². The van der Waals surface area contributed by atoms with Crippen LogP contribution >= 0.6 is 0 Å². The van der Waals surface area contributed by atoms with Gasteiger partial charge in [0.15, 0.2) is 5.78 Å². The van der Waals surface area contributed by atoms with E-state index in [-0.39, 0.29) is 35.3 Å². The molecule has 3 N–H and O–H groups in total. The zero-order chi connectivity index (χ0) is 29.3. The summed E-state index contributed by atoms with van der Waals surface area (Å²) in [5, 5.41) is 2.19. The summed E-state index contributed by atoms with van der Waals surface area (Å²) in [5.74, 6) is -2.20. The molecule has 14 heteroatoms. The summed E-state index contributed by atoms with van der Waals surface area (Å²) in [4.78, 5) is 39.1. The molecule has 0 atom stereocenters. The predicted molar refractivity (Wildman–Crippen MR) is 144 cm³/mol. The molecule has 0 spiro atoms. The van der Waals surface area contributed by atoms with Crippen LogP contribution < -0.4 is 15.6 Å². The maximum absolute atomic E-state index is 15.4. The van der Waals surface area contributed by atoms with Crippen LogP contribution in [0.15, 0.2) is 47.3 Å². The molecule has 2 aromatic rings. The number of Topliss-reactive ketones (excluding diaryl/α,β-unsaturated/α-hetero) is 1. The monoisotopic (exact) mass is 583 g/mol. The van der Waals surface area contributed by atoms with Crippen molar-refractivity contribution in [3.05, 3.63) is 52.8 Å². The molecule has 0 unspecified atom stereocenters. The van der Waals surface area contributed by atoms with Gasteiger partial charge in [-0.25, -0.2) is 13.2 Å². The molecule has 1 heterocycles. The van der Waals surface area contributed by atoms with Crippen LogP contribution in [0.25, 0.3) is 11.3 Å². The predicted octanol–water partition coefficient (Wildman–Crippen LogP) is 3.00. The van der Waals surface area contributed by atoms with E-state index >= 15 is 13.2 Å². The van der Waals surface area contributed by atoms with E-state index in [9.17, 15) is 22.8 Å². The van der Waals surface area contributed by atoms with Crippen LogP contribution in [0, 0.1) is 5.41 Å². The molecule has 0 radical (unpaired) electrons. The molecule has 1 aromatic carbocycles. The number of carbonyl (C=O) groups excluding carboxylic acids is 2. The van der Waals surface area contributed by atoms with Gasteiger partial charge < -0.3 is 5.32 Å². The third-order valence-corrected chi connectivity index (χ3v) is 6.80. The van der Waals surface area contributed by atoms with Crippen LogP contribution in [-0.2, 0) is 26.4 Å². The standard InChI is InChI=1S/C25H32F3N3O6S.Na.H/c1-22(2,26)25(23(3,4)27,24(5,6)28)19(32)14-29-20(33)15-31-18(16-10-8-7-9-11-16)13-12-17(21(31)34)30-38(35,36)37;;/h7-13,30H,14-15H2,1-6H3,(H,29,33)(H,35,36,37);;. The number of aromatic nitrogens is 1. The number of hydrogen-bond donors (Lipinski definition) is 3. The Balaban J connectivity index is 0.00000760. The summed E-state index contributed by atoms with van der Waals surface area (Å²) in [6, 6.07) is 10.7. The molecular formula is C25H33F3N3NaO6S. The summed E-state index contributed by atoms with van der Waals surface area (Å²) < 4.78 is 80.2. The van der Waals surface area contributed by atoms with E-state index in [1.54, 1.807) is 35.1 Å². The third-order valence-electron chi connectivity index (χ3n) is 6.32. The number of hydrogen-bond acceptors (Lipinski definition) is 5. The molecule has 0 fully saturated rings. The first-order valence-corrected chi connectivity index (χ1v) is 13.0. The molecular weight excluding hydrogens is 550 g/mol. The first kappa shape index (κ1) is 34.8. The number of ketones is 1. The van der Waals surface area contributed by atoms with Gasteiger partial charge in [-0.05, 0) is 59.2 Å². The third kappa shape index (κ3) is 7.51. The van der Waals surface area contributed by atoms with Crippen molar-refractivity contribution >= 4 is 57.2 Å². The quantitative estimate of drug-likeness (QED) is 0.275. The van der Waals surface area contributed by atoms with Crippen LogP contribution in [0.4, 0.5) is 18.9 Å². The SMILES string of the molecule is CC(C)(F)C(C(=O)CNC(=O)Cn1c(-c2ccccc2)ccc(NS(=O)(=O)O)c1=O)(C(C)(C)F)C(C)(C)F.[NaH]. The van der Waals surface area contributed by atoms with Crippen LogP contribution in [0.2, 0.25) is 0 Å². The van der Waals surface area contributed by atoms with Crippen LogP contribution in [-0.4, -0.2) is 82.3 Å². The summed E-state index contributed by atoms with van der Waals surface area (Å²) in [5.41, 5.74) is -11.8. The van der Waals surface area contributed by atoms with Gasteiger partial charge in [0.2, 0.25) is 5.91 Å². The van der Waals surface area contributed by atoms with Crippen molar-refractivity contribution in [2.24, 2.45) is 5.41 Å². The number of rotatable bonds is 11. The van der Waals surface area contributed by atoms with Crippen molar-refractivity contribution in [1.29, 1.82) is 0 Å². The van der Waals surface area contributed by atoms with Crippen molar-refractivity contribution in [2.45, 2.75) is 65.1 Å².